The maximum atomic E-state index is 8.68. The lowest BCUT2D eigenvalue weighted by Crippen LogP contribution is -3.12. The van der Waals surface area contributed by atoms with Crippen LogP contribution in [0.4, 0.5) is 0 Å². The van der Waals surface area contributed by atoms with E-state index in [1.54, 1.807) is 0 Å². The second kappa shape index (κ2) is 10.8. The summed E-state index contributed by atoms with van der Waals surface area (Å²) in [7, 11) is 1.90. The number of oxime groups is 2. The van der Waals surface area contributed by atoms with Crippen molar-refractivity contribution in [2.75, 3.05) is 13.8 Å². The molecule has 0 aliphatic carbocycles. The minimum absolute atomic E-state index is 0. The van der Waals surface area contributed by atoms with Gasteiger partial charge >= 0.3 is 0 Å². The van der Waals surface area contributed by atoms with E-state index in [0.29, 0.717) is 13.5 Å². The SMILES string of the molecule is CN1C=C[NH+](COC[n+]2ccccc2C=NO)C1C=NO.[Cl-].[Cl-]. The van der Waals surface area contributed by atoms with Crippen LogP contribution in [0.1, 0.15) is 5.69 Å². The van der Waals surface area contributed by atoms with Crippen LogP contribution < -0.4 is 34.3 Å². The Morgan fingerprint density at radius 3 is 2.83 bits per heavy atom. The molecule has 0 fully saturated rings. The van der Waals surface area contributed by atoms with Crippen LogP contribution in [-0.4, -0.2) is 47.7 Å². The first kappa shape index (κ1) is 21.1. The number of nitrogens with one attached hydrogen (secondary N) is 1. The number of aromatic nitrogens is 1. The van der Waals surface area contributed by atoms with Gasteiger partial charge < -0.3 is 40.1 Å². The third-order valence-electron chi connectivity index (χ3n) is 3.22. The summed E-state index contributed by atoms with van der Waals surface area (Å²) < 4.78 is 7.49. The number of ether oxygens (including phenoxy) is 1. The van der Waals surface area contributed by atoms with Gasteiger partial charge in [-0.05, 0) is 6.07 Å². The van der Waals surface area contributed by atoms with Gasteiger partial charge in [0.25, 0.3) is 6.73 Å². The van der Waals surface area contributed by atoms with Gasteiger partial charge in [0.15, 0.2) is 12.9 Å². The Morgan fingerprint density at radius 1 is 1.35 bits per heavy atom. The van der Waals surface area contributed by atoms with E-state index < -0.39 is 0 Å². The Bertz CT molecular complexity index is 556. The van der Waals surface area contributed by atoms with Crippen molar-refractivity contribution in [3.05, 3.63) is 42.5 Å². The minimum atomic E-state index is -0.0887. The van der Waals surface area contributed by atoms with E-state index in [1.165, 1.54) is 12.4 Å². The van der Waals surface area contributed by atoms with Gasteiger partial charge in [0.1, 0.15) is 18.6 Å². The minimum Gasteiger partial charge on any atom is -1.00 e. The van der Waals surface area contributed by atoms with Gasteiger partial charge in [0.05, 0.1) is 6.20 Å². The van der Waals surface area contributed by atoms with Crippen molar-refractivity contribution in [1.82, 2.24) is 4.90 Å². The molecule has 1 aliphatic heterocycles. The lowest BCUT2D eigenvalue weighted by molar-refractivity contribution is -0.897. The van der Waals surface area contributed by atoms with Crippen LogP contribution in [0, 0.1) is 0 Å². The maximum absolute atomic E-state index is 8.68. The van der Waals surface area contributed by atoms with Crippen molar-refractivity contribution in [3.63, 3.8) is 0 Å². The summed E-state index contributed by atoms with van der Waals surface area (Å²) in [5.41, 5.74) is 0.734. The molecule has 10 heteroatoms. The van der Waals surface area contributed by atoms with Crippen molar-refractivity contribution in [2.24, 2.45) is 10.3 Å². The predicted octanol–water partition coefficient (Wildman–Crippen LogP) is -7.19. The first-order chi connectivity index (χ1) is 10.3. The molecule has 0 saturated carbocycles. The zero-order chi connectivity index (χ0) is 15.1. The molecule has 1 aromatic heterocycles. The maximum Gasteiger partial charge on any atom is 0.257 e. The van der Waals surface area contributed by atoms with Gasteiger partial charge in [0, 0.05) is 19.2 Å². The van der Waals surface area contributed by atoms with Crippen molar-refractivity contribution in [3.8, 4) is 0 Å². The second-order valence-corrected chi connectivity index (χ2v) is 4.58. The first-order valence-electron chi connectivity index (χ1n) is 6.43. The topological polar surface area (TPSA) is 86.0 Å². The largest absolute Gasteiger partial charge is 1.00 e. The van der Waals surface area contributed by atoms with E-state index in [1.807, 2.05) is 53.3 Å². The van der Waals surface area contributed by atoms with Gasteiger partial charge in [-0.25, -0.2) is 0 Å². The molecule has 0 radical (unpaired) electrons. The van der Waals surface area contributed by atoms with E-state index >= 15 is 0 Å². The number of nitrogens with zero attached hydrogens (tertiary/aromatic N) is 4. The normalized spacial score (nSPS) is 20.0. The van der Waals surface area contributed by atoms with Gasteiger partial charge in [-0.2, -0.15) is 4.57 Å². The van der Waals surface area contributed by atoms with Crippen molar-refractivity contribution in [2.45, 2.75) is 12.9 Å². The molecular formula is C13H19Cl2N5O3. The molecular weight excluding hydrogens is 345 g/mol. The molecule has 2 atom stereocenters. The van der Waals surface area contributed by atoms with Crippen LogP contribution >= 0.6 is 0 Å². The fourth-order valence-electron chi connectivity index (χ4n) is 2.11. The first-order valence-corrected chi connectivity index (χ1v) is 6.43. The van der Waals surface area contributed by atoms with E-state index in [9.17, 15) is 0 Å². The molecule has 2 rings (SSSR count). The molecule has 23 heavy (non-hydrogen) atoms. The van der Waals surface area contributed by atoms with Crippen LogP contribution in [0.2, 0.25) is 0 Å². The Hall–Kier alpha value is -1.87. The summed E-state index contributed by atoms with van der Waals surface area (Å²) in [6.45, 7) is 0.737. The summed E-state index contributed by atoms with van der Waals surface area (Å²) in [6.07, 6.45) is 8.40. The molecule has 0 saturated heterocycles. The lowest BCUT2D eigenvalue weighted by Gasteiger charge is -2.20. The van der Waals surface area contributed by atoms with Crippen LogP contribution in [0.25, 0.3) is 0 Å². The smallest absolute Gasteiger partial charge is 0.257 e. The molecule has 0 bridgehead atoms. The molecule has 2 unspecified atom stereocenters. The molecule has 0 amide bonds. The predicted molar refractivity (Wildman–Crippen MR) is 73.9 cm³/mol. The van der Waals surface area contributed by atoms with Gasteiger partial charge in [-0.15, -0.1) is 0 Å². The summed E-state index contributed by atoms with van der Waals surface area (Å²) >= 11 is 0. The summed E-state index contributed by atoms with van der Waals surface area (Å²) in [6, 6.07) is 5.54. The third-order valence-corrected chi connectivity index (χ3v) is 3.22. The Balaban J connectivity index is 0.00000242. The standard InChI is InChI=1S/C13H17N5O3.2ClH/c1-16-6-7-18(13(16)9-15-20)11-21-10-17-5-3-2-4-12(17)8-14-19;;/h2-9,13,20H,10-11H2,1H3;2*1H. The zero-order valence-electron chi connectivity index (χ0n) is 12.5. The fourth-order valence-corrected chi connectivity index (χ4v) is 2.11. The lowest BCUT2D eigenvalue weighted by atomic mass is 10.3. The van der Waals surface area contributed by atoms with E-state index in [0.717, 1.165) is 10.6 Å². The molecule has 2 heterocycles. The van der Waals surface area contributed by atoms with E-state index in [4.69, 9.17) is 15.2 Å². The number of quaternary nitrogens is 1. The highest BCUT2D eigenvalue weighted by Gasteiger charge is 2.27. The average molecular weight is 364 g/mol. The average Bonchev–Trinajstić information content (AvgIpc) is 2.83. The van der Waals surface area contributed by atoms with Gasteiger partial charge in [0.2, 0.25) is 11.9 Å². The highest BCUT2D eigenvalue weighted by Crippen LogP contribution is 1.93. The Labute approximate surface area is 146 Å². The van der Waals surface area contributed by atoms with Crippen molar-refractivity contribution >= 4 is 12.4 Å². The highest BCUT2D eigenvalue weighted by atomic mass is 35.5. The second-order valence-electron chi connectivity index (χ2n) is 4.58. The van der Waals surface area contributed by atoms with Crippen LogP contribution in [-0.2, 0) is 11.5 Å². The van der Waals surface area contributed by atoms with Crippen molar-refractivity contribution < 1.29 is 49.4 Å². The quantitative estimate of drug-likeness (QED) is 0.203. The number of hydrogen-bond acceptors (Lipinski definition) is 6. The molecule has 0 aromatic carbocycles. The van der Waals surface area contributed by atoms with E-state index in [2.05, 4.69) is 10.3 Å². The molecule has 3 N–H and O–H groups in total. The monoisotopic (exact) mass is 363 g/mol. The summed E-state index contributed by atoms with van der Waals surface area (Å²) in [4.78, 5) is 2.93. The summed E-state index contributed by atoms with van der Waals surface area (Å²) in [5.74, 6) is 0. The highest BCUT2D eigenvalue weighted by molar-refractivity contribution is 5.74. The number of rotatable bonds is 6. The summed E-state index contributed by atoms with van der Waals surface area (Å²) in [5, 5.41) is 23.4. The molecule has 1 aliphatic rings. The van der Waals surface area contributed by atoms with E-state index in [-0.39, 0.29) is 31.0 Å². The van der Waals surface area contributed by atoms with Gasteiger partial charge in [-0.1, -0.05) is 10.3 Å². The molecule has 8 nitrogen and oxygen atoms in total. The Kier molecular flexibility index (Phi) is 9.91. The fraction of sp³-hybridized carbons (Fsp3) is 0.308. The molecule has 1 aromatic rings. The third kappa shape index (κ3) is 5.68. The molecule has 128 valence electrons. The van der Waals surface area contributed by atoms with Crippen LogP contribution in [0.3, 0.4) is 0 Å². The van der Waals surface area contributed by atoms with Crippen LogP contribution in [0.15, 0.2) is 47.1 Å². The zero-order valence-corrected chi connectivity index (χ0v) is 14.0. The Morgan fingerprint density at radius 2 is 2.13 bits per heavy atom. The number of pyridine rings is 1. The number of halogens is 2. The van der Waals surface area contributed by atoms with Crippen molar-refractivity contribution in [1.29, 1.82) is 0 Å². The van der Waals surface area contributed by atoms with Crippen LogP contribution in [0.5, 0.6) is 0 Å². The van der Waals surface area contributed by atoms with Gasteiger partial charge in [-0.3, -0.25) is 9.64 Å². The molecule has 0 spiro atoms. The number of hydrogen-bond donors (Lipinski definition) is 3.